The first-order valence-corrected chi connectivity index (χ1v) is 10.9. The van der Waals surface area contributed by atoms with Crippen molar-refractivity contribution in [2.75, 3.05) is 13.1 Å². The van der Waals surface area contributed by atoms with Crippen molar-refractivity contribution >= 4 is 17.7 Å². The second-order valence-corrected chi connectivity index (χ2v) is 8.25. The van der Waals surface area contributed by atoms with E-state index in [0.29, 0.717) is 37.3 Å². The fourth-order valence-corrected chi connectivity index (χ4v) is 3.84. The molecule has 1 saturated heterocycles. The zero-order valence-corrected chi connectivity index (χ0v) is 18.4. The normalized spacial score (nSPS) is 16.4. The highest BCUT2D eigenvalue weighted by atomic mass is 16.3. The van der Waals surface area contributed by atoms with Gasteiger partial charge in [-0.3, -0.25) is 14.4 Å². The van der Waals surface area contributed by atoms with Crippen LogP contribution in [0.25, 0.3) is 0 Å². The summed E-state index contributed by atoms with van der Waals surface area (Å²) in [6.45, 7) is 6.90. The van der Waals surface area contributed by atoms with Gasteiger partial charge in [0.25, 0.3) is 11.8 Å². The minimum Gasteiger partial charge on any atom is -0.459 e. The summed E-state index contributed by atoms with van der Waals surface area (Å²) in [5.41, 5.74) is 1.52. The topological polar surface area (TPSA) is 91.7 Å². The minimum atomic E-state index is -0.650. The van der Waals surface area contributed by atoms with Crippen molar-refractivity contribution in [1.82, 2.24) is 15.5 Å². The molecule has 7 nitrogen and oxygen atoms in total. The molecule has 166 valence electrons. The highest BCUT2D eigenvalue weighted by Crippen LogP contribution is 2.23. The van der Waals surface area contributed by atoms with Gasteiger partial charge in [-0.2, -0.15) is 0 Å². The van der Waals surface area contributed by atoms with Crippen LogP contribution in [0.15, 0.2) is 47.1 Å². The Bertz CT molecular complexity index is 901. The third-order valence-electron chi connectivity index (χ3n) is 5.88. The maximum absolute atomic E-state index is 13.0. The van der Waals surface area contributed by atoms with Gasteiger partial charge < -0.3 is 20.0 Å². The van der Waals surface area contributed by atoms with Gasteiger partial charge in [0.2, 0.25) is 5.91 Å². The molecule has 7 heteroatoms. The van der Waals surface area contributed by atoms with Crippen molar-refractivity contribution in [3.05, 3.63) is 59.5 Å². The van der Waals surface area contributed by atoms with E-state index in [0.717, 1.165) is 12.0 Å². The zero-order valence-electron chi connectivity index (χ0n) is 18.4. The van der Waals surface area contributed by atoms with Crippen LogP contribution in [0.4, 0.5) is 0 Å². The number of piperidine rings is 1. The molecule has 1 aliphatic rings. The summed E-state index contributed by atoms with van der Waals surface area (Å²) in [6.07, 6.45) is 3.54. The van der Waals surface area contributed by atoms with Crippen LogP contribution in [-0.2, 0) is 4.79 Å². The summed E-state index contributed by atoms with van der Waals surface area (Å²) >= 11 is 0. The summed E-state index contributed by atoms with van der Waals surface area (Å²) in [7, 11) is 0. The lowest BCUT2D eigenvalue weighted by molar-refractivity contribution is -0.125. The first-order chi connectivity index (χ1) is 14.9. The second kappa shape index (κ2) is 10.3. The number of furan rings is 1. The number of aryl methyl sites for hydroxylation is 1. The molecule has 3 amide bonds. The lowest BCUT2D eigenvalue weighted by Crippen LogP contribution is -2.55. The molecule has 2 N–H and O–H groups in total. The van der Waals surface area contributed by atoms with Crippen molar-refractivity contribution < 1.29 is 18.8 Å². The monoisotopic (exact) mass is 425 g/mol. The van der Waals surface area contributed by atoms with Gasteiger partial charge in [-0.05, 0) is 63.3 Å². The van der Waals surface area contributed by atoms with E-state index in [1.807, 2.05) is 39.0 Å². The number of amides is 3. The van der Waals surface area contributed by atoms with Crippen LogP contribution in [0.5, 0.6) is 0 Å². The van der Waals surface area contributed by atoms with E-state index in [1.54, 1.807) is 23.1 Å². The number of nitrogens with one attached hydrogen (secondary N) is 2. The summed E-state index contributed by atoms with van der Waals surface area (Å²) in [6, 6.07) is 10.0. The van der Waals surface area contributed by atoms with E-state index in [9.17, 15) is 14.4 Å². The number of hydrogen-bond acceptors (Lipinski definition) is 4. The van der Waals surface area contributed by atoms with E-state index in [-0.39, 0.29) is 29.7 Å². The number of rotatable bonds is 7. The Kier molecular flexibility index (Phi) is 7.50. The van der Waals surface area contributed by atoms with Crippen molar-refractivity contribution in [3.8, 4) is 0 Å². The first kappa shape index (κ1) is 22.6. The van der Waals surface area contributed by atoms with Crippen LogP contribution in [0.3, 0.4) is 0 Å². The number of nitrogens with zero attached hydrogens (tertiary/aromatic N) is 1. The molecule has 0 radical (unpaired) electrons. The molecule has 2 unspecified atom stereocenters. The Morgan fingerprint density at radius 3 is 2.48 bits per heavy atom. The molecule has 1 aromatic carbocycles. The summed E-state index contributed by atoms with van der Waals surface area (Å²) in [5.74, 6) is -0.322. The lowest BCUT2D eigenvalue weighted by Gasteiger charge is -2.35. The first-order valence-electron chi connectivity index (χ1n) is 10.9. The Labute approximate surface area is 183 Å². The molecule has 1 aliphatic heterocycles. The average Bonchev–Trinajstić information content (AvgIpc) is 3.31. The largest absolute Gasteiger partial charge is 0.459 e. The van der Waals surface area contributed by atoms with Gasteiger partial charge >= 0.3 is 0 Å². The Balaban J connectivity index is 1.70. The smallest absolute Gasteiger partial charge is 0.289 e. The molecule has 0 aliphatic carbocycles. The predicted octanol–water partition coefficient (Wildman–Crippen LogP) is 3.15. The minimum absolute atomic E-state index is 0.0199. The average molecular weight is 426 g/mol. The van der Waals surface area contributed by atoms with Gasteiger partial charge in [-0.15, -0.1) is 0 Å². The molecule has 2 atom stereocenters. The van der Waals surface area contributed by atoms with Crippen LogP contribution >= 0.6 is 0 Å². The molecule has 31 heavy (non-hydrogen) atoms. The van der Waals surface area contributed by atoms with Crippen molar-refractivity contribution in [1.29, 1.82) is 0 Å². The van der Waals surface area contributed by atoms with Crippen LogP contribution in [0, 0.1) is 12.8 Å². The number of likely N-dealkylation sites (tertiary alicyclic amines) is 1. The van der Waals surface area contributed by atoms with Crippen LogP contribution < -0.4 is 10.6 Å². The van der Waals surface area contributed by atoms with Gasteiger partial charge in [-0.1, -0.05) is 24.6 Å². The van der Waals surface area contributed by atoms with Crippen molar-refractivity contribution in [2.45, 2.75) is 52.1 Å². The number of carbonyl (C=O) groups is 3. The Morgan fingerprint density at radius 2 is 1.87 bits per heavy atom. The lowest BCUT2D eigenvalue weighted by atomic mass is 9.88. The number of benzene rings is 1. The van der Waals surface area contributed by atoms with E-state index >= 15 is 0 Å². The third-order valence-corrected chi connectivity index (χ3v) is 5.88. The molecular weight excluding hydrogens is 394 g/mol. The van der Waals surface area contributed by atoms with E-state index in [2.05, 4.69) is 10.6 Å². The van der Waals surface area contributed by atoms with Crippen LogP contribution in [0.2, 0.25) is 0 Å². The molecule has 0 saturated carbocycles. The van der Waals surface area contributed by atoms with E-state index in [1.165, 1.54) is 6.26 Å². The van der Waals surface area contributed by atoms with Gasteiger partial charge in [0.15, 0.2) is 5.76 Å². The SMILES string of the molecule is CCC(C)NC(=O)C(NC(=O)c1cccc(C)c1)C1CCN(C(=O)c2ccco2)CC1. The summed E-state index contributed by atoms with van der Waals surface area (Å²) < 4.78 is 5.22. The number of carbonyl (C=O) groups excluding carboxylic acids is 3. The van der Waals surface area contributed by atoms with Gasteiger partial charge in [0.05, 0.1) is 6.26 Å². The fraction of sp³-hybridized carbons (Fsp3) is 0.458. The summed E-state index contributed by atoms with van der Waals surface area (Å²) in [5, 5.41) is 5.96. The highest BCUT2D eigenvalue weighted by Gasteiger charge is 2.35. The molecule has 2 aromatic rings. The Morgan fingerprint density at radius 1 is 1.13 bits per heavy atom. The molecular formula is C24H31N3O4. The predicted molar refractivity (Wildman–Crippen MR) is 118 cm³/mol. The van der Waals surface area contributed by atoms with E-state index in [4.69, 9.17) is 4.42 Å². The quantitative estimate of drug-likeness (QED) is 0.713. The Hall–Kier alpha value is -3.09. The van der Waals surface area contributed by atoms with Gasteiger partial charge in [0, 0.05) is 24.7 Å². The van der Waals surface area contributed by atoms with E-state index < -0.39 is 6.04 Å². The third kappa shape index (κ3) is 5.75. The number of hydrogen-bond donors (Lipinski definition) is 2. The second-order valence-electron chi connectivity index (χ2n) is 8.25. The molecule has 0 bridgehead atoms. The van der Waals surface area contributed by atoms with Crippen molar-refractivity contribution in [2.24, 2.45) is 5.92 Å². The molecule has 2 heterocycles. The molecule has 3 rings (SSSR count). The van der Waals surface area contributed by atoms with Gasteiger partial charge in [0.1, 0.15) is 6.04 Å². The molecule has 1 aromatic heterocycles. The summed E-state index contributed by atoms with van der Waals surface area (Å²) in [4.78, 5) is 40.2. The maximum Gasteiger partial charge on any atom is 0.289 e. The van der Waals surface area contributed by atoms with Crippen LogP contribution in [0.1, 0.15) is 59.6 Å². The standard InChI is InChI=1S/C24H31N3O4/c1-4-17(3)25-23(29)21(26-22(28)19-8-5-7-16(2)15-19)18-10-12-27(13-11-18)24(30)20-9-6-14-31-20/h5-9,14-15,17-18,21H,4,10-13H2,1-3H3,(H,25,29)(H,26,28). The van der Waals surface area contributed by atoms with Crippen molar-refractivity contribution in [3.63, 3.8) is 0 Å². The molecule has 0 spiro atoms. The molecule has 1 fully saturated rings. The fourth-order valence-electron chi connectivity index (χ4n) is 3.84. The zero-order chi connectivity index (χ0) is 22.4. The van der Waals surface area contributed by atoms with Crippen LogP contribution in [-0.4, -0.2) is 47.8 Å². The maximum atomic E-state index is 13.0. The van der Waals surface area contributed by atoms with Gasteiger partial charge in [-0.25, -0.2) is 0 Å². The highest BCUT2D eigenvalue weighted by molar-refractivity contribution is 5.98.